The van der Waals surface area contributed by atoms with Gasteiger partial charge < -0.3 is 19.7 Å². The number of amides is 2. The van der Waals surface area contributed by atoms with Gasteiger partial charge in [-0.2, -0.15) is 11.3 Å². The number of ether oxygens (including phenoxy) is 2. The molecule has 1 atom stereocenters. The van der Waals surface area contributed by atoms with Crippen LogP contribution in [0.2, 0.25) is 0 Å². The Balaban J connectivity index is 1.45. The van der Waals surface area contributed by atoms with Gasteiger partial charge in [0.15, 0.2) is 11.5 Å². The minimum atomic E-state index is 0.0193. The van der Waals surface area contributed by atoms with Gasteiger partial charge in [-0.3, -0.25) is 0 Å². The van der Waals surface area contributed by atoms with Gasteiger partial charge in [0.1, 0.15) is 6.10 Å². The van der Waals surface area contributed by atoms with Crippen LogP contribution in [0.4, 0.5) is 4.79 Å². The number of nitrogens with zero attached hydrogens (tertiary/aromatic N) is 1. The molecule has 3 rings (SSSR count). The highest BCUT2D eigenvalue weighted by Crippen LogP contribution is 2.29. The van der Waals surface area contributed by atoms with Gasteiger partial charge in [0.25, 0.3) is 0 Å². The van der Waals surface area contributed by atoms with Crippen molar-refractivity contribution in [2.75, 3.05) is 19.7 Å². The smallest absolute Gasteiger partial charge is 0.317 e. The number of likely N-dealkylation sites (tertiary alicyclic amines) is 1. The van der Waals surface area contributed by atoms with Crippen molar-refractivity contribution in [3.63, 3.8) is 0 Å². The standard InChI is InChI=1S/C21H28N2O3S/c1-3-25-19-6-4-5-7-20(19)26-18-8-11-23(12-9-18)21(24)22-16(2)14-17-10-13-27-15-17/h4-7,10,13,15-16,18H,3,8-9,11-12,14H2,1-2H3,(H,22,24). The average Bonchev–Trinajstić information content (AvgIpc) is 3.17. The molecule has 1 fully saturated rings. The summed E-state index contributed by atoms with van der Waals surface area (Å²) in [6.45, 7) is 6.04. The number of nitrogens with one attached hydrogen (secondary N) is 1. The van der Waals surface area contributed by atoms with Gasteiger partial charge >= 0.3 is 6.03 Å². The lowest BCUT2D eigenvalue weighted by Gasteiger charge is -2.33. The lowest BCUT2D eigenvalue weighted by molar-refractivity contribution is 0.107. The Morgan fingerprint density at radius 1 is 1.26 bits per heavy atom. The third kappa shape index (κ3) is 5.63. The molecule has 146 valence electrons. The predicted molar refractivity (Wildman–Crippen MR) is 109 cm³/mol. The first-order chi connectivity index (χ1) is 13.2. The Bertz CT molecular complexity index is 712. The third-order valence-electron chi connectivity index (χ3n) is 4.66. The van der Waals surface area contributed by atoms with Crippen LogP contribution in [0.15, 0.2) is 41.1 Å². The van der Waals surface area contributed by atoms with Crippen molar-refractivity contribution in [2.45, 2.75) is 45.3 Å². The molecule has 6 heteroatoms. The van der Waals surface area contributed by atoms with Crippen LogP contribution in [-0.4, -0.2) is 42.8 Å². The minimum absolute atomic E-state index is 0.0193. The van der Waals surface area contributed by atoms with E-state index >= 15 is 0 Å². The molecule has 1 unspecified atom stereocenters. The Morgan fingerprint density at radius 3 is 2.67 bits per heavy atom. The Hall–Kier alpha value is -2.21. The number of carbonyl (C=O) groups excluding carboxylic acids is 1. The summed E-state index contributed by atoms with van der Waals surface area (Å²) < 4.78 is 11.8. The van der Waals surface area contributed by atoms with E-state index in [0.29, 0.717) is 19.7 Å². The van der Waals surface area contributed by atoms with Crippen molar-refractivity contribution in [3.8, 4) is 11.5 Å². The van der Waals surface area contributed by atoms with Crippen LogP contribution in [0.5, 0.6) is 11.5 Å². The lowest BCUT2D eigenvalue weighted by Crippen LogP contribution is -2.49. The van der Waals surface area contributed by atoms with Gasteiger partial charge in [-0.05, 0) is 54.8 Å². The summed E-state index contributed by atoms with van der Waals surface area (Å²) in [7, 11) is 0. The van der Waals surface area contributed by atoms with Gasteiger partial charge in [0, 0.05) is 32.0 Å². The van der Waals surface area contributed by atoms with Crippen LogP contribution >= 0.6 is 11.3 Å². The summed E-state index contributed by atoms with van der Waals surface area (Å²) in [4.78, 5) is 14.4. The molecule has 1 aliphatic rings. The van der Waals surface area contributed by atoms with E-state index in [1.165, 1.54) is 5.56 Å². The molecule has 2 heterocycles. The quantitative estimate of drug-likeness (QED) is 0.768. The highest BCUT2D eigenvalue weighted by Gasteiger charge is 2.25. The Labute approximate surface area is 165 Å². The summed E-state index contributed by atoms with van der Waals surface area (Å²) in [5, 5.41) is 7.31. The van der Waals surface area contributed by atoms with E-state index in [-0.39, 0.29) is 18.2 Å². The van der Waals surface area contributed by atoms with E-state index < -0.39 is 0 Å². The van der Waals surface area contributed by atoms with Gasteiger partial charge in [0.05, 0.1) is 6.61 Å². The molecule has 0 spiro atoms. The second-order valence-corrected chi connectivity index (χ2v) is 7.65. The Kier molecular flexibility index (Phi) is 6.98. The van der Waals surface area contributed by atoms with Gasteiger partial charge in [-0.15, -0.1) is 0 Å². The largest absolute Gasteiger partial charge is 0.490 e. The van der Waals surface area contributed by atoms with E-state index in [2.05, 4.69) is 29.1 Å². The summed E-state index contributed by atoms with van der Waals surface area (Å²) in [5.74, 6) is 1.56. The molecule has 0 bridgehead atoms. The van der Waals surface area contributed by atoms with Gasteiger partial charge in [0.2, 0.25) is 0 Å². The van der Waals surface area contributed by atoms with Crippen molar-refractivity contribution in [1.82, 2.24) is 10.2 Å². The molecule has 0 saturated carbocycles. The maximum absolute atomic E-state index is 12.5. The molecule has 1 aromatic heterocycles. The van der Waals surface area contributed by atoms with Crippen LogP contribution in [0.1, 0.15) is 32.3 Å². The lowest BCUT2D eigenvalue weighted by atomic mass is 10.1. The maximum Gasteiger partial charge on any atom is 0.317 e. The van der Waals surface area contributed by atoms with Crippen molar-refractivity contribution in [1.29, 1.82) is 0 Å². The number of benzene rings is 1. The summed E-state index contributed by atoms with van der Waals surface area (Å²) in [5.41, 5.74) is 1.27. The number of urea groups is 1. The zero-order chi connectivity index (χ0) is 19.1. The first-order valence-corrected chi connectivity index (χ1v) is 10.5. The third-order valence-corrected chi connectivity index (χ3v) is 5.40. The first-order valence-electron chi connectivity index (χ1n) is 9.60. The van der Waals surface area contributed by atoms with Gasteiger partial charge in [-0.25, -0.2) is 4.79 Å². The van der Waals surface area contributed by atoms with Crippen molar-refractivity contribution < 1.29 is 14.3 Å². The number of hydrogen-bond donors (Lipinski definition) is 1. The molecule has 0 radical (unpaired) electrons. The second kappa shape index (κ2) is 9.65. The average molecular weight is 389 g/mol. The number of thiophene rings is 1. The molecule has 1 N–H and O–H groups in total. The van der Waals surface area contributed by atoms with Crippen LogP contribution < -0.4 is 14.8 Å². The van der Waals surface area contributed by atoms with E-state index in [4.69, 9.17) is 9.47 Å². The molecular formula is C21H28N2O3S. The number of para-hydroxylation sites is 2. The zero-order valence-electron chi connectivity index (χ0n) is 16.0. The predicted octanol–water partition coefficient (Wildman–Crippen LogP) is 4.33. The monoisotopic (exact) mass is 388 g/mol. The highest BCUT2D eigenvalue weighted by atomic mass is 32.1. The number of rotatable bonds is 7. The number of carbonyl (C=O) groups is 1. The SMILES string of the molecule is CCOc1ccccc1OC1CCN(C(=O)NC(C)Cc2ccsc2)CC1. The van der Waals surface area contributed by atoms with Crippen LogP contribution in [0.3, 0.4) is 0 Å². The molecule has 1 saturated heterocycles. The summed E-state index contributed by atoms with van der Waals surface area (Å²) in [6, 6.07) is 10.0. The molecule has 27 heavy (non-hydrogen) atoms. The zero-order valence-corrected chi connectivity index (χ0v) is 16.8. The summed E-state index contributed by atoms with van der Waals surface area (Å²) in [6.07, 6.45) is 2.63. The molecule has 5 nitrogen and oxygen atoms in total. The van der Waals surface area contributed by atoms with E-state index in [9.17, 15) is 4.79 Å². The fraction of sp³-hybridized carbons (Fsp3) is 0.476. The van der Waals surface area contributed by atoms with Crippen LogP contribution in [0, 0.1) is 0 Å². The molecule has 2 aromatic rings. The topological polar surface area (TPSA) is 50.8 Å². The van der Waals surface area contributed by atoms with E-state index in [1.807, 2.05) is 36.1 Å². The maximum atomic E-state index is 12.5. The Morgan fingerprint density at radius 2 is 2.00 bits per heavy atom. The number of piperidine rings is 1. The van der Waals surface area contributed by atoms with Crippen LogP contribution in [0.25, 0.3) is 0 Å². The normalized spacial score (nSPS) is 16.0. The fourth-order valence-corrected chi connectivity index (χ4v) is 3.98. The summed E-state index contributed by atoms with van der Waals surface area (Å²) >= 11 is 1.69. The molecule has 1 aromatic carbocycles. The number of hydrogen-bond acceptors (Lipinski definition) is 4. The fourth-order valence-electron chi connectivity index (χ4n) is 3.29. The minimum Gasteiger partial charge on any atom is -0.490 e. The van der Waals surface area contributed by atoms with Crippen LogP contribution in [-0.2, 0) is 6.42 Å². The first kappa shape index (κ1) is 19.5. The molecular weight excluding hydrogens is 360 g/mol. The van der Waals surface area contributed by atoms with Crippen molar-refractivity contribution >= 4 is 17.4 Å². The van der Waals surface area contributed by atoms with E-state index in [1.54, 1.807) is 11.3 Å². The molecule has 0 aliphatic carbocycles. The van der Waals surface area contributed by atoms with E-state index in [0.717, 1.165) is 30.8 Å². The highest BCUT2D eigenvalue weighted by molar-refractivity contribution is 7.07. The molecule has 2 amide bonds. The molecule has 1 aliphatic heterocycles. The van der Waals surface area contributed by atoms with Gasteiger partial charge in [-0.1, -0.05) is 12.1 Å². The van der Waals surface area contributed by atoms with Crippen molar-refractivity contribution in [2.24, 2.45) is 0 Å². The second-order valence-electron chi connectivity index (χ2n) is 6.87. The van der Waals surface area contributed by atoms with Crippen molar-refractivity contribution in [3.05, 3.63) is 46.7 Å².